The van der Waals surface area contributed by atoms with E-state index in [1.165, 1.54) is 12.8 Å². The Hall–Kier alpha value is -1.07. The monoisotopic (exact) mass is 338 g/mol. The van der Waals surface area contributed by atoms with Crippen molar-refractivity contribution in [2.45, 2.75) is 43.8 Å². The smallest absolute Gasteiger partial charge is 0.257 e. The zero-order chi connectivity index (χ0) is 14.3. The second kappa shape index (κ2) is 5.37. The number of nitrogens with zero attached hydrogens (tertiary/aromatic N) is 1. The van der Waals surface area contributed by atoms with Gasteiger partial charge in [0.15, 0.2) is 0 Å². The summed E-state index contributed by atoms with van der Waals surface area (Å²) >= 11 is 3.35. The van der Waals surface area contributed by atoms with Crippen LogP contribution in [-0.2, 0) is 0 Å². The minimum atomic E-state index is -0.102. The first-order chi connectivity index (χ1) is 9.54. The number of amides is 1. The molecule has 2 saturated heterocycles. The molecule has 20 heavy (non-hydrogen) atoms. The van der Waals surface area contributed by atoms with Gasteiger partial charge in [0.1, 0.15) is 5.75 Å². The number of hydrogen-bond acceptors (Lipinski definition) is 3. The predicted molar refractivity (Wildman–Crippen MR) is 80.9 cm³/mol. The minimum absolute atomic E-state index is 0.0435. The summed E-state index contributed by atoms with van der Waals surface area (Å²) in [6.45, 7) is 0. The van der Waals surface area contributed by atoms with Gasteiger partial charge in [0, 0.05) is 29.6 Å². The zero-order valence-corrected chi connectivity index (χ0v) is 13.1. The lowest BCUT2D eigenvalue weighted by Crippen LogP contribution is -2.48. The Balaban J connectivity index is 1.78. The van der Waals surface area contributed by atoms with Crippen molar-refractivity contribution in [1.29, 1.82) is 0 Å². The zero-order valence-electron chi connectivity index (χ0n) is 11.5. The molecule has 2 unspecified atom stereocenters. The number of aromatic hydroxyl groups is 1. The van der Waals surface area contributed by atoms with E-state index in [9.17, 15) is 9.90 Å². The summed E-state index contributed by atoms with van der Waals surface area (Å²) in [6, 6.07) is 6.33. The number of piperidine rings is 1. The van der Waals surface area contributed by atoms with Crippen molar-refractivity contribution in [2.24, 2.45) is 0 Å². The van der Waals surface area contributed by atoms with E-state index in [1.807, 2.05) is 7.05 Å². The fraction of sp³-hybridized carbons (Fsp3) is 0.533. The molecule has 2 atom stereocenters. The number of benzene rings is 1. The van der Waals surface area contributed by atoms with Crippen LogP contribution >= 0.6 is 15.9 Å². The fourth-order valence-corrected chi connectivity index (χ4v) is 3.74. The van der Waals surface area contributed by atoms with E-state index in [1.54, 1.807) is 23.1 Å². The number of fused-ring (bicyclic) bond motifs is 2. The first-order valence-electron chi connectivity index (χ1n) is 7.06. The lowest BCUT2D eigenvalue weighted by atomic mass is 9.98. The van der Waals surface area contributed by atoms with Crippen molar-refractivity contribution in [2.75, 3.05) is 7.05 Å². The quantitative estimate of drug-likeness (QED) is 0.871. The largest absolute Gasteiger partial charge is 0.507 e. The normalized spacial score (nSPS) is 28.4. The van der Waals surface area contributed by atoms with E-state index in [-0.39, 0.29) is 17.7 Å². The molecule has 2 bridgehead atoms. The number of carbonyl (C=O) groups is 1. The van der Waals surface area contributed by atoms with Crippen LogP contribution < -0.4 is 5.32 Å². The molecular weight excluding hydrogens is 320 g/mol. The van der Waals surface area contributed by atoms with Crippen LogP contribution in [0.3, 0.4) is 0 Å². The van der Waals surface area contributed by atoms with Gasteiger partial charge in [-0.25, -0.2) is 0 Å². The highest BCUT2D eigenvalue weighted by Crippen LogP contribution is 2.31. The van der Waals surface area contributed by atoms with Gasteiger partial charge in [0.05, 0.1) is 5.56 Å². The molecule has 2 aliphatic heterocycles. The number of nitrogens with one attached hydrogen (secondary N) is 1. The van der Waals surface area contributed by atoms with Crippen LogP contribution in [0.1, 0.15) is 36.0 Å². The van der Waals surface area contributed by atoms with Crippen molar-refractivity contribution in [3.8, 4) is 5.75 Å². The maximum atomic E-state index is 12.6. The Morgan fingerprint density at radius 1 is 1.35 bits per heavy atom. The summed E-state index contributed by atoms with van der Waals surface area (Å²) in [5.74, 6) is -0.0583. The highest BCUT2D eigenvalue weighted by molar-refractivity contribution is 9.10. The number of phenols is 1. The molecule has 4 nitrogen and oxygen atoms in total. The minimum Gasteiger partial charge on any atom is -0.507 e. The van der Waals surface area contributed by atoms with Crippen molar-refractivity contribution >= 4 is 21.8 Å². The molecule has 1 aromatic carbocycles. The maximum absolute atomic E-state index is 12.6. The van der Waals surface area contributed by atoms with Gasteiger partial charge in [0.2, 0.25) is 0 Å². The molecular formula is C15H19BrN2O2. The molecule has 3 rings (SSSR count). The van der Waals surface area contributed by atoms with Gasteiger partial charge in [-0.1, -0.05) is 15.9 Å². The molecule has 2 fully saturated rings. The van der Waals surface area contributed by atoms with E-state index in [0.29, 0.717) is 17.6 Å². The standard InChI is InChI=1S/C15H19BrN2O2/c1-18(12-7-10-3-4-11(8-12)17-10)15(20)13-6-9(16)2-5-14(13)19/h2,5-6,10-12,17,19H,3-4,7-8H2,1H3. The summed E-state index contributed by atoms with van der Waals surface area (Å²) in [7, 11) is 1.85. The molecule has 1 aromatic rings. The van der Waals surface area contributed by atoms with E-state index >= 15 is 0 Å². The summed E-state index contributed by atoms with van der Waals surface area (Å²) in [5.41, 5.74) is 0.368. The van der Waals surface area contributed by atoms with Crippen LogP contribution in [0.15, 0.2) is 22.7 Å². The second-order valence-corrected chi connectivity index (χ2v) is 6.76. The Morgan fingerprint density at radius 2 is 2.00 bits per heavy atom. The van der Waals surface area contributed by atoms with Crippen LogP contribution in [-0.4, -0.2) is 41.1 Å². The van der Waals surface area contributed by atoms with E-state index < -0.39 is 0 Å². The van der Waals surface area contributed by atoms with E-state index in [4.69, 9.17) is 0 Å². The lowest BCUT2D eigenvalue weighted by Gasteiger charge is -2.35. The fourth-order valence-electron chi connectivity index (χ4n) is 3.38. The summed E-state index contributed by atoms with van der Waals surface area (Å²) in [4.78, 5) is 14.4. The molecule has 2 aliphatic rings. The van der Waals surface area contributed by atoms with Crippen molar-refractivity contribution < 1.29 is 9.90 Å². The second-order valence-electron chi connectivity index (χ2n) is 5.84. The molecule has 0 spiro atoms. The van der Waals surface area contributed by atoms with Gasteiger partial charge in [-0.3, -0.25) is 4.79 Å². The SMILES string of the molecule is CN(C(=O)c1cc(Br)ccc1O)C1CC2CCC(C1)N2. The van der Waals surface area contributed by atoms with Gasteiger partial charge >= 0.3 is 0 Å². The molecule has 2 N–H and O–H groups in total. The number of hydrogen-bond donors (Lipinski definition) is 2. The average Bonchev–Trinajstić information content (AvgIpc) is 2.78. The van der Waals surface area contributed by atoms with Gasteiger partial charge in [-0.2, -0.15) is 0 Å². The number of phenolic OH excluding ortho intramolecular Hbond substituents is 1. The Bertz CT molecular complexity index is 523. The van der Waals surface area contributed by atoms with Gasteiger partial charge in [-0.05, 0) is 43.9 Å². The third-order valence-electron chi connectivity index (χ3n) is 4.51. The lowest BCUT2D eigenvalue weighted by molar-refractivity contribution is 0.0678. The highest BCUT2D eigenvalue weighted by atomic mass is 79.9. The average molecular weight is 339 g/mol. The highest BCUT2D eigenvalue weighted by Gasteiger charge is 2.36. The van der Waals surface area contributed by atoms with Crippen molar-refractivity contribution in [3.63, 3.8) is 0 Å². The molecule has 108 valence electrons. The Kier molecular flexibility index (Phi) is 3.73. The first-order valence-corrected chi connectivity index (χ1v) is 7.85. The Morgan fingerprint density at radius 3 is 2.65 bits per heavy atom. The van der Waals surface area contributed by atoms with Gasteiger partial charge in [-0.15, -0.1) is 0 Å². The summed E-state index contributed by atoms with van der Waals surface area (Å²) < 4.78 is 0.803. The summed E-state index contributed by atoms with van der Waals surface area (Å²) in [5, 5.41) is 13.5. The van der Waals surface area contributed by atoms with Crippen LogP contribution in [0.4, 0.5) is 0 Å². The molecule has 0 aromatic heterocycles. The Labute approximate surface area is 127 Å². The molecule has 0 aliphatic carbocycles. The third kappa shape index (κ3) is 2.56. The summed E-state index contributed by atoms with van der Waals surface area (Å²) in [6.07, 6.45) is 4.44. The number of rotatable bonds is 2. The molecule has 0 radical (unpaired) electrons. The van der Waals surface area contributed by atoms with Crippen molar-refractivity contribution in [1.82, 2.24) is 10.2 Å². The molecule has 2 heterocycles. The van der Waals surface area contributed by atoms with Crippen molar-refractivity contribution in [3.05, 3.63) is 28.2 Å². The molecule has 1 amide bonds. The number of halogens is 1. The predicted octanol–water partition coefficient (Wildman–Crippen LogP) is 2.51. The van der Waals surface area contributed by atoms with E-state index in [2.05, 4.69) is 21.2 Å². The van der Waals surface area contributed by atoms with E-state index in [0.717, 1.165) is 17.3 Å². The van der Waals surface area contributed by atoms with Crippen LogP contribution in [0.5, 0.6) is 5.75 Å². The molecule has 0 saturated carbocycles. The van der Waals surface area contributed by atoms with Crippen LogP contribution in [0.2, 0.25) is 0 Å². The third-order valence-corrected chi connectivity index (χ3v) is 5.00. The molecule has 5 heteroatoms. The topological polar surface area (TPSA) is 52.6 Å². The maximum Gasteiger partial charge on any atom is 0.257 e. The van der Waals surface area contributed by atoms with Crippen LogP contribution in [0, 0.1) is 0 Å². The van der Waals surface area contributed by atoms with Gasteiger partial charge in [0.25, 0.3) is 5.91 Å². The van der Waals surface area contributed by atoms with Crippen LogP contribution in [0.25, 0.3) is 0 Å². The number of carbonyl (C=O) groups excluding carboxylic acids is 1. The van der Waals surface area contributed by atoms with Gasteiger partial charge < -0.3 is 15.3 Å². The first kappa shape index (κ1) is 13.9.